The van der Waals surface area contributed by atoms with Gasteiger partial charge in [0.25, 0.3) is 0 Å². The van der Waals surface area contributed by atoms with Crippen LogP contribution >= 0.6 is 11.8 Å². The third-order valence-electron chi connectivity index (χ3n) is 6.10. The van der Waals surface area contributed by atoms with Crippen molar-refractivity contribution in [1.82, 2.24) is 19.3 Å². The van der Waals surface area contributed by atoms with Crippen molar-refractivity contribution in [3.8, 4) is 11.4 Å². The fourth-order valence-corrected chi connectivity index (χ4v) is 5.03. The third kappa shape index (κ3) is 4.74. The number of ketones is 1. The molecule has 0 fully saturated rings. The smallest absolute Gasteiger partial charge is 0.192 e. The van der Waals surface area contributed by atoms with Crippen molar-refractivity contribution in [2.24, 2.45) is 0 Å². The molecule has 0 bridgehead atoms. The summed E-state index contributed by atoms with van der Waals surface area (Å²) in [6, 6.07) is 17.6. The topological polar surface area (TPSA) is 79.0 Å². The molecule has 5 rings (SSSR count). The molecule has 0 amide bonds. The van der Waals surface area contributed by atoms with Crippen LogP contribution in [0.5, 0.6) is 0 Å². The number of Topliss-reactive ketones (excluding diaryl/α,β-unsaturated/α-hetero) is 1. The largest absolute Gasteiger partial charge is 0.467 e. The molecule has 0 spiro atoms. The van der Waals surface area contributed by atoms with Crippen LogP contribution in [0.3, 0.4) is 0 Å². The van der Waals surface area contributed by atoms with E-state index in [2.05, 4.69) is 27.8 Å². The van der Waals surface area contributed by atoms with Gasteiger partial charge in [0, 0.05) is 22.5 Å². The highest BCUT2D eigenvalue weighted by molar-refractivity contribution is 7.99. The Hall–Kier alpha value is -3.78. The summed E-state index contributed by atoms with van der Waals surface area (Å²) >= 11 is 1.39. The standard InChI is InChI=1S/C27H26N4O3S/c1-18-8-4-5-11-23(18)26-28-29-27(31(26)16-22-10-7-13-34-22)35-17-25(32)24-14-19(2)30(20(24)3)15-21-9-6-12-33-21/h4-14H,15-17H2,1-3H3. The highest BCUT2D eigenvalue weighted by Gasteiger charge is 2.21. The van der Waals surface area contributed by atoms with Gasteiger partial charge in [0.15, 0.2) is 16.8 Å². The van der Waals surface area contributed by atoms with Crippen LogP contribution in [0.2, 0.25) is 0 Å². The minimum absolute atomic E-state index is 0.0544. The molecule has 35 heavy (non-hydrogen) atoms. The van der Waals surface area contributed by atoms with Crippen molar-refractivity contribution in [3.05, 3.63) is 101 Å². The van der Waals surface area contributed by atoms with Gasteiger partial charge in [0.1, 0.15) is 11.5 Å². The van der Waals surface area contributed by atoms with Gasteiger partial charge >= 0.3 is 0 Å². The molecule has 178 valence electrons. The van der Waals surface area contributed by atoms with Gasteiger partial charge in [-0.2, -0.15) is 0 Å². The maximum Gasteiger partial charge on any atom is 0.192 e. The Balaban J connectivity index is 1.39. The first-order chi connectivity index (χ1) is 17.0. The molecule has 0 aliphatic carbocycles. The van der Waals surface area contributed by atoms with E-state index < -0.39 is 0 Å². The number of hydrogen-bond acceptors (Lipinski definition) is 6. The lowest BCUT2D eigenvalue weighted by Gasteiger charge is -2.10. The molecular weight excluding hydrogens is 460 g/mol. The van der Waals surface area contributed by atoms with Crippen LogP contribution in [0, 0.1) is 20.8 Å². The summed E-state index contributed by atoms with van der Waals surface area (Å²) in [4.78, 5) is 13.2. The average Bonchev–Trinajstić information content (AvgIpc) is 3.65. The Bertz CT molecular complexity index is 1450. The van der Waals surface area contributed by atoms with Crippen LogP contribution in [0.15, 0.2) is 81.1 Å². The summed E-state index contributed by atoms with van der Waals surface area (Å²) in [5, 5.41) is 9.60. The van der Waals surface area contributed by atoms with E-state index in [0.717, 1.165) is 45.4 Å². The highest BCUT2D eigenvalue weighted by Crippen LogP contribution is 2.28. The molecular formula is C27H26N4O3S. The normalized spacial score (nSPS) is 11.3. The van der Waals surface area contributed by atoms with Gasteiger partial charge in [-0.15, -0.1) is 10.2 Å². The molecule has 0 saturated carbocycles. The monoisotopic (exact) mass is 486 g/mol. The number of benzene rings is 1. The van der Waals surface area contributed by atoms with Gasteiger partial charge in [-0.05, 0) is 56.7 Å². The summed E-state index contributed by atoms with van der Waals surface area (Å²) in [5.41, 5.74) is 4.79. The quantitative estimate of drug-likeness (QED) is 0.190. The molecule has 0 saturated heterocycles. The number of thioether (sulfide) groups is 1. The van der Waals surface area contributed by atoms with E-state index in [4.69, 9.17) is 8.83 Å². The average molecular weight is 487 g/mol. The molecule has 0 radical (unpaired) electrons. The van der Waals surface area contributed by atoms with E-state index in [0.29, 0.717) is 18.2 Å². The summed E-state index contributed by atoms with van der Waals surface area (Å²) in [5.74, 6) is 2.73. The first-order valence-electron chi connectivity index (χ1n) is 11.4. The van der Waals surface area contributed by atoms with Crippen LogP contribution in [-0.4, -0.2) is 30.9 Å². The second kappa shape index (κ2) is 9.84. The molecule has 0 atom stereocenters. The number of aromatic nitrogens is 4. The maximum atomic E-state index is 13.2. The van der Waals surface area contributed by atoms with E-state index >= 15 is 0 Å². The number of carbonyl (C=O) groups is 1. The lowest BCUT2D eigenvalue weighted by molar-refractivity contribution is 0.102. The van der Waals surface area contributed by atoms with Gasteiger partial charge in [-0.1, -0.05) is 36.0 Å². The second-order valence-electron chi connectivity index (χ2n) is 8.45. The van der Waals surface area contributed by atoms with Crippen LogP contribution < -0.4 is 0 Å². The molecule has 7 nitrogen and oxygen atoms in total. The zero-order chi connectivity index (χ0) is 24.4. The van der Waals surface area contributed by atoms with Gasteiger partial charge in [-0.3, -0.25) is 9.36 Å². The van der Waals surface area contributed by atoms with Crippen LogP contribution in [0.4, 0.5) is 0 Å². The Kier molecular flexibility index (Phi) is 6.46. The Morgan fingerprint density at radius 2 is 1.57 bits per heavy atom. The molecule has 0 N–H and O–H groups in total. The molecule has 1 aromatic carbocycles. The summed E-state index contributed by atoms with van der Waals surface area (Å²) in [7, 11) is 0. The number of aryl methyl sites for hydroxylation is 2. The zero-order valence-electron chi connectivity index (χ0n) is 19.9. The summed E-state index contributed by atoms with van der Waals surface area (Å²) in [6.45, 7) is 7.12. The van der Waals surface area contributed by atoms with Crippen LogP contribution in [-0.2, 0) is 13.1 Å². The third-order valence-corrected chi connectivity index (χ3v) is 7.06. The van der Waals surface area contributed by atoms with E-state index in [1.807, 2.05) is 66.9 Å². The first kappa shape index (κ1) is 23.0. The van der Waals surface area contributed by atoms with Crippen molar-refractivity contribution in [3.63, 3.8) is 0 Å². The lowest BCUT2D eigenvalue weighted by Crippen LogP contribution is -2.09. The van der Waals surface area contributed by atoms with Gasteiger partial charge in [0.05, 0.1) is 31.4 Å². The maximum absolute atomic E-state index is 13.2. The molecule has 0 aliphatic rings. The van der Waals surface area contributed by atoms with Gasteiger partial charge in [0.2, 0.25) is 0 Å². The highest BCUT2D eigenvalue weighted by atomic mass is 32.2. The molecule has 4 heterocycles. The predicted molar refractivity (Wildman–Crippen MR) is 135 cm³/mol. The molecule has 4 aromatic heterocycles. The number of nitrogens with zero attached hydrogens (tertiary/aromatic N) is 4. The van der Waals surface area contributed by atoms with E-state index in [1.54, 1.807) is 12.5 Å². The van der Waals surface area contributed by atoms with Crippen molar-refractivity contribution in [1.29, 1.82) is 0 Å². The molecule has 0 aliphatic heterocycles. The van der Waals surface area contributed by atoms with Crippen LogP contribution in [0.1, 0.15) is 38.8 Å². The first-order valence-corrected chi connectivity index (χ1v) is 12.4. The fraction of sp³-hybridized carbons (Fsp3) is 0.222. The SMILES string of the molecule is Cc1ccccc1-c1nnc(SCC(=O)c2cc(C)n(Cc3ccco3)c2C)n1Cc1ccco1. The predicted octanol–water partition coefficient (Wildman–Crippen LogP) is 5.93. The lowest BCUT2D eigenvalue weighted by atomic mass is 10.1. The van der Waals surface area contributed by atoms with Crippen molar-refractivity contribution < 1.29 is 13.6 Å². The Morgan fingerprint density at radius 1 is 0.886 bits per heavy atom. The van der Waals surface area contributed by atoms with Crippen LogP contribution in [0.25, 0.3) is 11.4 Å². The fourth-order valence-electron chi connectivity index (χ4n) is 4.21. The number of hydrogen-bond donors (Lipinski definition) is 0. The van der Waals surface area contributed by atoms with Gasteiger partial charge < -0.3 is 13.4 Å². The number of furan rings is 2. The van der Waals surface area contributed by atoms with Gasteiger partial charge in [-0.25, -0.2) is 0 Å². The Morgan fingerprint density at radius 3 is 2.23 bits per heavy atom. The van der Waals surface area contributed by atoms with E-state index in [1.165, 1.54) is 11.8 Å². The Labute approximate surface area is 207 Å². The molecule has 5 aromatic rings. The second-order valence-corrected chi connectivity index (χ2v) is 9.39. The zero-order valence-corrected chi connectivity index (χ0v) is 20.7. The van der Waals surface area contributed by atoms with E-state index in [-0.39, 0.29) is 11.5 Å². The summed E-state index contributed by atoms with van der Waals surface area (Å²) in [6.07, 6.45) is 3.32. The minimum atomic E-state index is 0.0544. The van der Waals surface area contributed by atoms with Crippen molar-refractivity contribution in [2.75, 3.05) is 5.75 Å². The molecule has 0 unspecified atom stereocenters. The van der Waals surface area contributed by atoms with Crippen molar-refractivity contribution in [2.45, 2.75) is 39.0 Å². The van der Waals surface area contributed by atoms with Crippen molar-refractivity contribution >= 4 is 17.5 Å². The molecule has 8 heteroatoms. The minimum Gasteiger partial charge on any atom is -0.467 e. The number of carbonyl (C=O) groups excluding carboxylic acids is 1. The van der Waals surface area contributed by atoms with E-state index in [9.17, 15) is 4.79 Å². The number of rotatable bonds is 9. The summed E-state index contributed by atoms with van der Waals surface area (Å²) < 4.78 is 15.2.